The monoisotopic (exact) mass is 327 g/mol. The minimum absolute atomic E-state index is 0.661. The fourth-order valence-electron chi connectivity index (χ4n) is 2.03. The van der Waals surface area contributed by atoms with E-state index in [0.29, 0.717) is 5.56 Å². The minimum Gasteiger partial charge on any atom is -0.355 e. The van der Waals surface area contributed by atoms with Crippen molar-refractivity contribution in [2.75, 3.05) is 11.9 Å². The van der Waals surface area contributed by atoms with E-state index in [2.05, 4.69) is 32.5 Å². The number of thiophene rings is 1. The Bertz CT molecular complexity index is 576. The van der Waals surface area contributed by atoms with Crippen molar-refractivity contribution in [2.45, 2.75) is 13.5 Å². The number of hydrogen-bond acceptors (Lipinski definition) is 4. The van der Waals surface area contributed by atoms with Crippen LogP contribution >= 0.6 is 27.3 Å². The summed E-state index contributed by atoms with van der Waals surface area (Å²) in [4.78, 5) is 13.2. The maximum Gasteiger partial charge on any atom is 0.155 e. The highest BCUT2D eigenvalue weighted by Gasteiger charge is 2.16. The second-order valence-corrected chi connectivity index (χ2v) is 6.47. The normalized spacial score (nSPS) is 10.7. The summed E-state index contributed by atoms with van der Waals surface area (Å²) in [5.41, 5.74) is 2.64. The molecule has 0 aliphatic heterocycles. The number of hydrogen-bond donors (Lipinski definition) is 0. The van der Waals surface area contributed by atoms with Crippen molar-refractivity contribution < 1.29 is 4.79 Å². The molecular formula is C12H14BrN3OS. The molecule has 0 amide bonds. The molecule has 2 aromatic rings. The van der Waals surface area contributed by atoms with Gasteiger partial charge in [-0.15, -0.1) is 11.3 Å². The van der Waals surface area contributed by atoms with Gasteiger partial charge >= 0.3 is 0 Å². The topological polar surface area (TPSA) is 38.1 Å². The highest BCUT2D eigenvalue weighted by atomic mass is 79.9. The summed E-state index contributed by atoms with van der Waals surface area (Å²) in [6.45, 7) is 2.60. The number of halogens is 1. The smallest absolute Gasteiger partial charge is 0.155 e. The Hall–Kier alpha value is -1.14. The number of nitrogens with zero attached hydrogens (tertiary/aromatic N) is 3. The molecule has 0 saturated heterocycles. The van der Waals surface area contributed by atoms with Gasteiger partial charge < -0.3 is 4.90 Å². The fourth-order valence-corrected chi connectivity index (χ4v) is 3.23. The standard InChI is InChI=1S/C12H14BrN3OS/c1-8-10(6-17)12(16(3)14-8)15(2)5-9-4-11(13)18-7-9/h4,6-7H,5H2,1-3H3. The zero-order chi connectivity index (χ0) is 13.3. The third-order valence-corrected chi connectivity index (χ3v) is 4.31. The molecule has 0 atom stereocenters. The molecule has 0 aliphatic rings. The minimum atomic E-state index is 0.661. The number of aryl methyl sites for hydroxylation is 2. The van der Waals surface area contributed by atoms with E-state index in [4.69, 9.17) is 0 Å². The number of rotatable bonds is 4. The van der Waals surface area contributed by atoms with E-state index < -0.39 is 0 Å². The third-order valence-electron chi connectivity index (χ3n) is 2.76. The van der Waals surface area contributed by atoms with Crippen LogP contribution in [0.4, 0.5) is 5.82 Å². The lowest BCUT2D eigenvalue weighted by molar-refractivity contribution is 0.112. The van der Waals surface area contributed by atoms with Crippen molar-refractivity contribution >= 4 is 39.4 Å². The van der Waals surface area contributed by atoms with Crippen molar-refractivity contribution in [1.29, 1.82) is 0 Å². The Morgan fingerprint density at radius 3 is 2.89 bits per heavy atom. The van der Waals surface area contributed by atoms with Crippen molar-refractivity contribution in [2.24, 2.45) is 7.05 Å². The van der Waals surface area contributed by atoms with Crippen LogP contribution in [-0.4, -0.2) is 23.1 Å². The number of aromatic nitrogens is 2. The van der Waals surface area contributed by atoms with Crippen LogP contribution in [0.15, 0.2) is 15.2 Å². The highest BCUT2D eigenvalue weighted by Crippen LogP contribution is 2.25. The van der Waals surface area contributed by atoms with Gasteiger partial charge in [0.25, 0.3) is 0 Å². The molecule has 96 valence electrons. The first kappa shape index (κ1) is 13.3. The van der Waals surface area contributed by atoms with Crippen molar-refractivity contribution in [3.63, 3.8) is 0 Å². The Balaban J connectivity index is 2.28. The molecule has 0 aliphatic carbocycles. The van der Waals surface area contributed by atoms with Crippen molar-refractivity contribution in [3.8, 4) is 0 Å². The zero-order valence-electron chi connectivity index (χ0n) is 10.5. The molecule has 4 nitrogen and oxygen atoms in total. The predicted molar refractivity (Wildman–Crippen MR) is 77.5 cm³/mol. The predicted octanol–water partition coefficient (Wildman–Crippen LogP) is 3.00. The first-order chi connectivity index (χ1) is 8.52. The molecule has 2 heterocycles. The van der Waals surface area contributed by atoms with Gasteiger partial charge in [-0.1, -0.05) is 0 Å². The van der Waals surface area contributed by atoms with Gasteiger partial charge in [-0.3, -0.25) is 9.48 Å². The molecule has 2 aromatic heterocycles. The molecule has 6 heteroatoms. The summed E-state index contributed by atoms with van der Waals surface area (Å²) < 4.78 is 2.86. The van der Waals surface area contributed by atoms with Gasteiger partial charge in [-0.05, 0) is 39.9 Å². The summed E-state index contributed by atoms with van der Waals surface area (Å²) in [6.07, 6.45) is 0.873. The van der Waals surface area contributed by atoms with E-state index in [-0.39, 0.29) is 0 Å². The number of anilines is 1. The molecule has 0 aromatic carbocycles. The molecule has 0 N–H and O–H groups in total. The summed E-state index contributed by atoms with van der Waals surface area (Å²) in [7, 11) is 3.82. The van der Waals surface area contributed by atoms with Gasteiger partial charge in [0.2, 0.25) is 0 Å². The summed E-state index contributed by atoms with van der Waals surface area (Å²) >= 11 is 5.11. The lowest BCUT2D eigenvalue weighted by Gasteiger charge is -2.19. The Labute approximate surface area is 118 Å². The average molecular weight is 328 g/mol. The maximum absolute atomic E-state index is 11.1. The lowest BCUT2D eigenvalue weighted by atomic mass is 10.2. The van der Waals surface area contributed by atoms with Gasteiger partial charge in [0.1, 0.15) is 5.82 Å². The van der Waals surface area contributed by atoms with Gasteiger partial charge in [0.05, 0.1) is 15.0 Å². The summed E-state index contributed by atoms with van der Waals surface area (Å²) in [5, 5.41) is 6.39. The number of carbonyl (C=O) groups is 1. The first-order valence-electron chi connectivity index (χ1n) is 5.45. The van der Waals surface area contributed by atoms with E-state index in [9.17, 15) is 4.79 Å². The van der Waals surface area contributed by atoms with Crippen LogP contribution in [0.3, 0.4) is 0 Å². The van der Waals surface area contributed by atoms with Gasteiger partial charge in [-0.2, -0.15) is 5.10 Å². The Kier molecular flexibility index (Phi) is 3.87. The molecule has 0 fully saturated rings. The molecular weight excluding hydrogens is 314 g/mol. The van der Waals surface area contributed by atoms with Crippen LogP contribution in [-0.2, 0) is 13.6 Å². The van der Waals surface area contributed by atoms with Crippen molar-refractivity contribution in [3.05, 3.63) is 32.1 Å². The summed E-state index contributed by atoms with van der Waals surface area (Å²) in [6, 6.07) is 2.09. The van der Waals surface area contributed by atoms with Crippen LogP contribution < -0.4 is 4.90 Å². The van der Waals surface area contributed by atoms with E-state index in [0.717, 1.165) is 28.1 Å². The fraction of sp³-hybridized carbons (Fsp3) is 0.333. The quantitative estimate of drug-likeness (QED) is 0.810. The second-order valence-electron chi connectivity index (χ2n) is 4.18. The average Bonchev–Trinajstić information content (AvgIpc) is 2.82. The molecule has 0 unspecified atom stereocenters. The second kappa shape index (κ2) is 5.24. The van der Waals surface area contributed by atoms with E-state index in [1.165, 1.54) is 5.56 Å². The summed E-state index contributed by atoms with van der Waals surface area (Å²) in [5.74, 6) is 0.852. The Morgan fingerprint density at radius 2 is 2.33 bits per heavy atom. The van der Waals surface area contributed by atoms with Crippen LogP contribution in [0, 0.1) is 6.92 Å². The van der Waals surface area contributed by atoms with Gasteiger partial charge in [0.15, 0.2) is 6.29 Å². The Morgan fingerprint density at radius 1 is 1.61 bits per heavy atom. The first-order valence-corrected chi connectivity index (χ1v) is 7.13. The van der Waals surface area contributed by atoms with E-state index in [1.54, 1.807) is 16.0 Å². The van der Waals surface area contributed by atoms with E-state index in [1.807, 2.05) is 25.9 Å². The van der Waals surface area contributed by atoms with Crippen molar-refractivity contribution in [1.82, 2.24) is 9.78 Å². The molecule has 0 bridgehead atoms. The van der Waals surface area contributed by atoms with Crippen LogP contribution in [0.25, 0.3) is 0 Å². The SMILES string of the molecule is Cc1nn(C)c(N(C)Cc2csc(Br)c2)c1C=O. The number of carbonyl (C=O) groups excluding carboxylic acids is 1. The highest BCUT2D eigenvalue weighted by molar-refractivity contribution is 9.11. The van der Waals surface area contributed by atoms with Crippen LogP contribution in [0.2, 0.25) is 0 Å². The van der Waals surface area contributed by atoms with Crippen LogP contribution in [0.5, 0.6) is 0 Å². The molecule has 2 rings (SSSR count). The maximum atomic E-state index is 11.1. The third kappa shape index (κ3) is 2.49. The van der Waals surface area contributed by atoms with Gasteiger partial charge in [0, 0.05) is 20.6 Å². The molecule has 18 heavy (non-hydrogen) atoms. The number of aldehydes is 1. The molecule has 0 radical (unpaired) electrons. The largest absolute Gasteiger partial charge is 0.355 e. The molecule has 0 saturated carbocycles. The van der Waals surface area contributed by atoms with Crippen LogP contribution in [0.1, 0.15) is 21.6 Å². The molecule has 0 spiro atoms. The van der Waals surface area contributed by atoms with Gasteiger partial charge in [-0.25, -0.2) is 0 Å². The lowest BCUT2D eigenvalue weighted by Crippen LogP contribution is -2.20. The zero-order valence-corrected chi connectivity index (χ0v) is 12.9. The van der Waals surface area contributed by atoms with E-state index >= 15 is 0 Å².